The van der Waals surface area contributed by atoms with Crippen molar-refractivity contribution >= 4 is 12.1 Å². The van der Waals surface area contributed by atoms with E-state index in [-0.39, 0.29) is 13.0 Å². The van der Waals surface area contributed by atoms with Crippen LogP contribution in [-0.4, -0.2) is 48.3 Å². The van der Waals surface area contributed by atoms with E-state index in [1.807, 2.05) is 0 Å². The molecule has 1 aliphatic rings. The SMILES string of the molecule is COC(=O)C1CC(N=[N+]=[N-])CN1C(=O)OC(C)(C)C. The Morgan fingerprint density at radius 3 is 2.53 bits per heavy atom. The number of azide groups is 1. The molecule has 0 aromatic carbocycles. The van der Waals surface area contributed by atoms with E-state index < -0.39 is 29.7 Å². The van der Waals surface area contributed by atoms with Gasteiger partial charge in [0.05, 0.1) is 13.2 Å². The molecule has 1 rings (SSSR count). The van der Waals surface area contributed by atoms with Crippen LogP contribution in [0.3, 0.4) is 0 Å². The highest BCUT2D eigenvalue weighted by Crippen LogP contribution is 2.24. The summed E-state index contributed by atoms with van der Waals surface area (Å²) >= 11 is 0. The Hall–Kier alpha value is -1.95. The van der Waals surface area contributed by atoms with Crippen molar-refractivity contribution in [2.75, 3.05) is 13.7 Å². The zero-order valence-corrected chi connectivity index (χ0v) is 11.5. The molecule has 2 unspecified atom stereocenters. The number of nitrogens with zero attached hydrogens (tertiary/aromatic N) is 4. The Morgan fingerprint density at radius 1 is 1.42 bits per heavy atom. The lowest BCUT2D eigenvalue weighted by molar-refractivity contribution is -0.145. The highest BCUT2D eigenvalue weighted by molar-refractivity contribution is 5.82. The average Bonchev–Trinajstić information content (AvgIpc) is 2.70. The van der Waals surface area contributed by atoms with Gasteiger partial charge in [-0.15, -0.1) is 0 Å². The second-order valence-electron chi connectivity index (χ2n) is 5.27. The van der Waals surface area contributed by atoms with Gasteiger partial charge in [0, 0.05) is 11.5 Å². The van der Waals surface area contributed by atoms with Crippen molar-refractivity contribution < 1.29 is 19.1 Å². The van der Waals surface area contributed by atoms with E-state index in [2.05, 4.69) is 14.8 Å². The molecule has 2 atom stereocenters. The number of rotatable bonds is 2. The van der Waals surface area contributed by atoms with Gasteiger partial charge in [0.2, 0.25) is 0 Å². The molecule has 1 aliphatic heterocycles. The van der Waals surface area contributed by atoms with E-state index in [1.54, 1.807) is 20.8 Å². The fourth-order valence-corrected chi connectivity index (χ4v) is 1.85. The third kappa shape index (κ3) is 4.03. The second-order valence-corrected chi connectivity index (χ2v) is 5.27. The minimum Gasteiger partial charge on any atom is -0.467 e. The van der Waals surface area contributed by atoms with Gasteiger partial charge < -0.3 is 9.47 Å². The quantitative estimate of drug-likeness (QED) is 0.330. The standard InChI is InChI=1S/C11H18N4O4/c1-11(2,3)19-10(17)15-6-7(13-14-12)5-8(15)9(16)18-4/h7-8H,5-6H2,1-4H3. The van der Waals surface area contributed by atoms with Crippen molar-refractivity contribution in [3.8, 4) is 0 Å². The number of carbonyl (C=O) groups excluding carboxylic acids is 2. The summed E-state index contributed by atoms with van der Waals surface area (Å²) in [6, 6.07) is -1.21. The highest BCUT2D eigenvalue weighted by atomic mass is 16.6. The van der Waals surface area contributed by atoms with Gasteiger partial charge in [-0.1, -0.05) is 5.11 Å². The summed E-state index contributed by atoms with van der Waals surface area (Å²) in [5, 5.41) is 3.54. The molecule has 106 valence electrons. The minimum atomic E-state index is -0.768. The number of hydrogen-bond acceptors (Lipinski definition) is 5. The second kappa shape index (κ2) is 5.79. The molecule has 0 aliphatic carbocycles. The van der Waals surface area contributed by atoms with Crippen molar-refractivity contribution in [2.24, 2.45) is 5.11 Å². The van der Waals surface area contributed by atoms with Crippen LogP contribution in [0.25, 0.3) is 10.4 Å². The van der Waals surface area contributed by atoms with E-state index in [9.17, 15) is 9.59 Å². The zero-order valence-electron chi connectivity index (χ0n) is 11.5. The fraction of sp³-hybridized carbons (Fsp3) is 0.818. The number of methoxy groups -OCH3 is 1. The molecule has 0 N–H and O–H groups in total. The first kappa shape index (κ1) is 15.1. The number of ether oxygens (including phenoxy) is 2. The van der Waals surface area contributed by atoms with Gasteiger partial charge in [0.1, 0.15) is 11.6 Å². The molecule has 0 aromatic rings. The molecule has 0 bridgehead atoms. The highest BCUT2D eigenvalue weighted by Gasteiger charge is 2.41. The largest absolute Gasteiger partial charge is 0.467 e. The number of hydrogen-bond donors (Lipinski definition) is 0. The molecule has 8 heteroatoms. The predicted octanol–water partition coefficient (Wildman–Crippen LogP) is 1.85. The Labute approximate surface area is 111 Å². The van der Waals surface area contributed by atoms with Crippen molar-refractivity contribution in [1.29, 1.82) is 0 Å². The average molecular weight is 270 g/mol. The van der Waals surface area contributed by atoms with Crippen LogP contribution < -0.4 is 0 Å². The number of esters is 1. The monoisotopic (exact) mass is 270 g/mol. The Kier molecular flexibility index (Phi) is 4.61. The van der Waals surface area contributed by atoms with Crippen LogP contribution in [0, 0.1) is 0 Å². The molecule has 19 heavy (non-hydrogen) atoms. The third-order valence-electron chi connectivity index (χ3n) is 2.60. The smallest absolute Gasteiger partial charge is 0.411 e. The van der Waals surface area contributed by atoms with Gasteiger partial charge in [0.25, 0.3) is 0 Å². The molecule has 1 heterocycles. The lowest BCUT2D eigenvalue weighted by Gasteiger charge is -2.27. The molecule has 0 saturated carbocycles. The maximum absolute atomic E-state index is 12.0. The van der Waals surface area contributed by atoms with Crippen LogP contribution in [0.2, 0.25) is 0 Å². The normalized spacial score (nSPS) is 22.6. The van der Waals surface area contributed by atoms with E-state index in [1.165, 1.54) is 12.0 Å². The Morgan fingerprint density at radius 2 is 2.05 bits per heavy atom. The maximum atomic E-state index is 12.0. The van der Waals surface area contributed by atoms with Crippen LogP contribution in [0.5, 0.6) is 0 Å². The first-order chi connectivity index (χ1) is 8.78. The van der Waals surface area contributed by atoms with Crippen LogP contribution >= 0.6 is 0 Å². The van der Waals surface area contributed by atoms with Gasteiger partial charge in [-0.05, 0) is 32.7 Å². The summed E-state index contributed by atoms with van der Waals surface area (Å²) in [5.74, 6) is -0.540. The van der Waals surface area contributed by atoms with Gasteiger partial charge >= 0.3 is 12.1 Å². The fourth-order valence-electron chi connectivity index (χ4n) is 1.85. The molecule has 1 amide bonds. The van der Waals surface area contributed by atoms with Crippen LogP contribution in [-0.2, 0) is 14.3 Å². The maximum Gasteiger partial charge on any atom is 0.411 e. The van der Waals surface area contributed by atoms with Crippen LogP contribution in [0.4, 0.5) is 4.79 Å². The summed E-state index contributed by atoms with van der Waals surface area (Å²) in [5.41, 5.74) is 7.77. The topological polar surface area (TPSA) is 105 Å². The van der Waals surface area contributed by atoms with E-state index in [4.69, 9.17) is 10.3 Å². The summed E-state index contributed by atoms with van der Waals surface area (Å²) < 4.78 is 9.87. The number of carbonyl (C=O) groups is 2. The summed E-state index contributed by atoms with van der Waals surface area (Å²) in [4.78, 5) is 27.6. The van der Waals surface area contributed by atoms with Gasteiger partial charge in [-0.2, -0.15) is 0 Å². The van der Waals surface area contributed by atoms with E-state index >= 15 is 0 Å². The van der Waals surface area contributed by atoms with E-state index in [0.29, 0.717) is 0 Å². The Bertz CT molecular complexity index is 411. The van der Waals surface area contributed by atoms with Gasteiger partial charge in [-0.3, -0.25) is 4.90 Å². The van der Waals surface area contributed by atoms with Crippen molar-refractivity contribution in [1.82, 2.24) is 4.90 Å². The summed E-state index contributed by atoms with van der Waals surface area (Å²) in [7, 11) is 1.25. The molecule has 1 saturated heterocycles. The van der Waals surface area contributed by atoms with Crippen LogP contribution in [0.15, 0.2) is 5.11 Å². The minimum absolute atomic E-state index is 0.152. The van der Waals surface area contributed by atoms with Gasteiger partial charge in [-0.25, -0.2) is 9.59 Å². The predicted molar refractivity (Wildman–Crippen MR) is 66.3 cm³/mol. The molecule has 0 aromatic heterocycles. The Balaban J connectivity index is 2.85. The lowest BCUT2D eigenvalue weighted by atomic mass is 10.2. The van der Waals surface area contributed by atoms with Crippen molar-refractivity contribution in [3.63, 3.8) is 0 Å². The molecular formula is C11H18N4O4. The van der Waals surface area contributed by atoms with E-state index in [0.717, 1.165) is 0 Å². The van der Waals surface area contributed by atoms with Crippen molar-refractivity contribution in [2.45, 2.75) is 44.9 Å². The summed E-state index contributed by atoms with van der Waals surface area (Å²) in [6.07, 6.45) is -0.366. The molecule has 0 spiro atoms. The zero-order chi connectivity index (χ0) is 14.6. The lowest BCUT2D eigenvalue weighted by Crippen LogP contribution is -2.43. The number of amides is 1. The third-order valence-corrected chi connectivity index (χ3v) is 2.60. The molecule has 1 fully saturated rings. The molecule has 0 radical (unpaired) electrons. The molecule has 8 nitrogen and oxygen atoms in total. The van der Waals surface area contributed by atoms with Crippen LogP contribution in [0.1, 0.15) is 27.2 Å². The first-order valence-electron chi connectivity index (χ1n) is 5.90. The van der Waals surface area contributed by atoms with Crippen molar-refractivity contribution in [3.05, 3.63) is 10.4 Å². The first-order valence-corrected chi connectivity index (χ1v) is 5.90. The molecular weight excluding hydrogens is 252 g/mol. The summed E-state index contributed by atoms with van der Waals surface area (Å²) in [6.45, 7) is 5.36. The van der Waals surface area contributed by atoms with Gasteiger partial charge in [0.15, 0.2) is 0 Å². The number of likely N-dealkylation sites (tertiary alicyclic amines) is 1.